The van der Waals surface area contributed by atoms with Gasteiger partial charge in [0.05, 0.1) is 7.11 Å². The molecule has 3 rings (SSSR count). The number of ether oxygens (including phenoxy) is 3. The molecule has 0 radical (unpaired) electrons. The van der Waals surface area contributed by atoms with Gasteiger partial charge >= 0.3 is 11.9 Å². The van der Waals surface area contributed by atoms with Crippen LogP contribution in [0.3, 0.4) is 0 Å². The van der Waals surface area contributed by atoms with Crippen LogP contribution in [0.1, 0.15) is 49.7 Å². The average molecular weight is 318 g/mol. The minimum Gasteiger partial charge on any atom is -0.489 e. The first-order valence-corrected chi connectivity index (χ1v) is 8.11. The lowest BCUT2D eigenvalue weighted by atomic mass is 9.94. The first kappa shape index (κ1) is 15.8. The third-order valence-corrected chi connectivity index (χ3v) is 4.64. The van der Waals surface area contributed by atoms with Gasteiger partial charge < -0.3 is 14.2 Å². The molecule has 0 spiro atoms. The fourth-order valence-corrected chi connectivity index (χ4v) is 3.66. The summed E-state index contributed by atoms with van der Waals surface area (Å²) in [4.78, 5) is 22.3. The van der Waals surface area contributed by atoms with Crippen LogP contribution in [-0.4, -0.2) is 31.3 Å². The number of hydrogen-bond donors (Lipinski definition) is 0. The molecule has 1 aliphatic heterocycles. The van der Waals surface area contributed by atoms with E-state index in [-0.39, 0.29) is 24.1 Å². The van der Waals surface area contributed by atoms with Crippen LogP contribution in [0.2, 0.25) is 0 Å². The summed E-state index contributed by atoms with van der Waals surface area (Å²) in [5.74, 6) is 0.856. The van der Waals surface area contributed by atoms with Crippen LogP contribution >= 0.6 is 0 Å². The smallest absolute Gasteiger partial charge is 0.305 e. The summed E-state index contributed by atoms with van der Waals surface area (Å²) >= 11 is 0. The number of rotatable bonds is 5. The van der Waals surface area contributed by atoms with E-state index in [4.69, 9.17) is 9.47 Å². The number of esters is 2. The van der Waals surface area contributed by atoms with Crippen LogP contribution in [-0.2, 0) is 25.5 Å². The highest BCUT2D eigenvalue weighted by atomic mass is 16.5. The molecular weight excluding hydrogens is 296 g/mol. The highest BCUT2D eigenvalue weighted by molar-refractivity contribution is 5.69. The molecule has 1 aliphatic carbocycles. The van der Waals surface area contributed by atoms with Crippen molar-refractivity contribution >= 4 is 11.9 Å². The molecule has 1 saturated carbocycles. The van der Waals surface area contributed by atoms with Crippen molar-refractivity contribution in [1.82, 2.24) is 0 Å². The Morgan fingerprint density at radius 3 is 2.87 bits per heavy atom. The molecule has 124 valence electrons. The predicted octanol–water partition coefficient (Wildman–Crippen LogP) is 2.75. The number of hydrogen-bond acceptors (Lipinski definition) is 5. The van der Waals surface area contributed by atoms with Crippen LogP contribution in [0.15, 0.2) is 18.2 Å². The van der Waals surface area contributed by atoms with E-state index in [0.29, 0.717) is 12.3 Å². The van der Waals surface area contributed by atoms with Gasteiger partial charge in [-0.25, -0.2) is 0 Å². The minimum absolute atomic E-state index is 0.0429. The third-order valence-electron chi connectivity index (χ3n) is 4.64. The highest BCUT2D eigenvalue weighted by Gasteiger charge is 2.44. The van der Waals surface area contributed by atoms with Crippen LogP contribution in [0.25, 0.3) is 0 Å². The van der Waals surface area contributed by atoms with Crippen molar-refractivity contribution in [2.24, 2.45) is 0 Å². The zero-order valence-electron chi connectivity index (χ0n) is 13.5. The van der Waals surface area contributed by atoms with Crippen molar-refractivity contribution in [3.8, 4) is 5.75 Å². The largest absolute Gasteiger partial charge is 0.489 e. The summed E-state index contributed by atoms with van der Waals surface area (Å²) in [5, 5.41) is 0. The molecule has 3 atom stereocenters. The molecule has 1 aromatic rings. The quantitative estimate of drug-likeness (QED) is 0.781. The first-order valence-electron chi connectivity index (χ1n) is 8.11. The van der Waals surface area contributed by atoms with Crippen LogP contribution < -0.4 is 4.74 Å². The normalized spacial score (nSPS) is 24.5. The SMILES string of the molecule is COC(=O)CCCc1cccc2c1OC1C[C@@H](OC(C)=O)CC21. The molecule has 2 unspecified atom stereocenters. The molecule has 0 aromatic heterocycles. The third kappa shape index (κ3) is 3.33. The molecule has 5 heteroatoms. The standard InChI is InChI=1S/C18H22O5/c1-11(19)22-13-9-15-14-7-3-5-12(6-4-8-17(20)21-2)18(14)23-16(15)10-13/h3,5,7,13,15-16H,4,6,8-10H2,1-2H3/t13-,15?,16?/m0/s1. The zero-order valence-corrected chi connectivity index (χ0v) is 13.5. The minimum atomic E-state index is -0.230. The summed E-state index contributed by atoms with van der Waals surface area (Å²) in [6.45, 7) is 1.45. The Kier molecular flexibility index (Phi) is 4.55. The average Bonchev–Trinajstić information content (AvgIpc) is 3.04. The molecule has 0 N–H and O–H groups in total. The van der Waals surface area contributed by atoms with E-state index in [1.165, 1.54) is 19.6 Å². The summed E-state index contributed by atoms with van der Waals surface area (Å²) in [7, 11) is 1.41. The number of fused-ring (bicyclic) bond motifs is 3. The van der Waals surface area contributed by atoms with Gasteiger partial charge in [-0.05, 0) is 24.8 Å². The molecule has 1 heterocycles. The van der Waals surface area contributed by atoms with Crippen LogP contribution in [0, 0.1) is 0 Å². The van der Waals surface area contributed by atoms with E-state index in [1.807, 2.05) is 6.07 Å². The van der Waals surface area contributed by atoms with Crippen LogP contribution in [0.4, 0.5) is 0 Å². The molecule has 0 bridgehead atoms. The van der Waals surface area contributed by atoms with Gasteiger partial charge in [-0.15, -0.1) is 0 Å². The van der Waals surface area contributed by atoms with Gasteiger partial charge in [0.2, 0.25) is 0 Å². The molecule has 23 heavy (non-hydrogen) atoms. The second-order valence-corrected chi connectivity index (χ2v) is 6.23. The van der Waals surface area contributed by atoms with Crippen molar-refractivity contribution in [1.29, 1.82) is 0 Å². The Balaban J connectivity index is 1.67. The van der Waals surface area contributed by atoms with Crippen molar-refractivity contribution in [2.75, 3.05) is 7.11 Å². The molecule has 5 nitrogen and oxygen atoms in total. The Bertz CT molecular complexity index is 609. The topological polar surface area (TPSA) is 61.8 Å². The van der Waals surface area contributed by atoms with E-state index in [2.05, 4.69) is 16.9 Å². The lowest BCUT2D eigenvalue weighted by molar-refractivity contribution is -0.146. The van der Waals surface area contributed by atoms with Gasteiger partial charge in [-0.2, -0.15) is 0 Å². The summed E-state index contributed by atoms with van der Waals surface area (Å²) < 4.78 is 16.1. The number of benzene rings is 1. The van der Waals surface area contributed by atoms with Crippen molar-refractivity contribution < 1.29 is 23.8 Å². The number of carbonyl (C=O) groups is 2. The van der Waals surface area contributed by atoms with E-state index in [1.54, 1.807) is 0 Å². The van der Waals surface area contributed by atoms with Crippen molar-refractivity contribution in [3.05, 3.63) is 29.3 Å². The lowest BCUT2D eigenvalue weighted by Crippen LogP contribution is -2.16. The van der Waals surface area contributed by atoms with Gasteiger partial charge in [0.1, 0.15) is 18.0 Å². The maximum absolute atomic E-state index is 11.2. The monoisotopic (exact) mass is 318 g/mol. The maximum Gasteiger partial charge on any atom is 0.305 e. The van der Waals surface area contributed by atoms with Crippen LogP contribution in [0.5, 0.6) is 5.75 Å². The first-order chi connectivity index (χ1) is 11.1. The molecule has 2 aliphatic rings. The fourth-order valence-electron chi connectivity index (χ4n) is 3.66. The molecular formula is C18H22O5. The molecule has 1 fully saturated rings. The van der Waals surface area contributed by atoms with Gasteiger partial charge in [-0.1, -0.05) is 18.2 Å². The van der Waals surface area contributed by atoms with Gasteiger partial charge in [0, 0.05) is 31.2 Å². The second kappa shape index (κ2) is 6.60. The molecule has 0 saturated heterocycles. The predicted molar refractivity (Wildman–Crippen MR) is 83.3 cm³/mol. The summed E-state index contributed by atoms with van der Waals surface area (Å²) in [6.07, 6.45) is 3.59. The molecule has 1 aromatic carbocycles. The Morgan fingerprint density at radius 2 is 2.13 bits per heavy atom. The van der Waals surface area contributed by atoms with E-state index in [0.717, 1.165) is 37.0 Å². The number of aryl methyl sites for hydroxylation is 1. The second-order valence-electron chi connectivity index (χ2n) is 6.23. The number of carbonyl (C=O) groups excluding carboxylic acids is 2. The van der Waals surface area contributed by atoms with Gasteiger partial charge in [0.25, 0.3) is 0 Å². The molecule has 0 amide bonds. The van der Waals surface area contributed by atoms with Gasteiger partial charge in [-0.3, -0.25) is 9.59 Å². The Labute approximate surface area is 135 Å². The summed E-state index contributed by atoms with van der Waals surface area (Å²) in [5.41, 5.74) is 2.35. The fraction of sp³-hybridized carbons (Fsp3) is 0.556. The van der Waals surface area contributed by atoms with Crippen molar-refractivity contribution in [2.45, 2.75) is 57.2 Å². The summed E-state index contributed by atoms with van der Waals surface area (Å²) in [6, 6.07) is 6.19. The van der Waals surface area contributed by atoms with E-state index < -0.39 is 0 Å². The van der Waals surface area contributed by atoms with Crippen molar-refractivity contribution in [3.63, 3.8) is 0 Å². The Morgan fingerprint density at radius 1 is 1.30 bits per heavy atom. The zero-order chi connectivity index (χ0) is 16.4. The van der Waals surface area contributed by atoms with E-state index >= 15 is 0 Å². The van der Waals surface area contributed by atoms with E-state index in [9.17, 15) is 9.59 Å². The number of methoxy groups -OCH3 is 1. The number of para-hydroxylation sites is 1. The lowest BCUT2D eigenvalue weighted by Gasteiger charge is -2.14. The highest BCUT2D eigenvalue weighted by Crippen LogP contribution is 2.49. The Hall–Kier alpha value is -2.04. The van der Waals surface area contributed by atoms with Gasteiger partial charge in [0.15, 0.2) is 0 Å². The maximum atomic E-state index is 11.2.